The Morgan fingerprint density at radius 2 is 2.27 bits per heavy atom. The molecule has 7 heteroatoms. The molecule has 5 nitrogen and oxygen atoms in total. The van der Waals surface area contributed by atoms with Crippen molar-refractivity contribution in [2.75, 3.05) is 29.6 Å². The van der Waals surface area contributed by atoms with Crippen LogP contribution in [0.25, 0.3) is 5.57 Å². The lowest BCUT2D eigenvalue weighted by Gasteiger charge is -2.17. The Labute approximate surface area is 129 Å². The molecule has 0 aliphatic carbocycles. The van der Waals surface area contributed by atoms with Crippen molar-refractivity contribution in [3.05, 3.63) is 35.7 Å². The summed E-state index contributed by atoms with van der Waals surface area (Å²) in [6, 6.07) is 4.58. The Hall–Kier alpha value is -1.73. The third-order valence-electron chi connectivity index (χ3n) is 3.80. The number of benzene rings is 1. The second kappa shape index (κ2) is 6.18. The second-order valence-electron chi connectivity index (χ2n) is 5.25. The maximum atomic E-state index is 14.3. The van der Waals surface area contributed by atoms with Crippen LogP contribution in [0.5, 0.6) is 0 Å². The SMILES string of the molecule is O=C1OC(CO)CN1c1ccc(C2=CCS(=O)CC2)c(F)c1. The number of nitrogens with zero attached hydrogens (tertiary/aromatic N) is 1. The van der Waals surface area contributed by atoms with E-state index in [1.54, 1.807) is 12.1 Å². The highest BCUT2D eigenvalue weighted by atomic mass is 32.2. The van der Waals surface area contributed by atoms with Gasteiger partial charge in [-0.05, 0) is 30.2 Å². The molecule has 22 heavy (non-hydrogen) atoms. The van der Waals surface area contributed by atoms with Crippen LogP contribution in [0.4, 0.5) is 14.9 Å². The Kier molecular flexibility index (Phi) is 4.26. The summed E-state index contributed by atoms with van der Waals surface area (Å²) in [4.78, 5) is 13.0. The molecule has 0 bridgehead atoms. The van der Waals surface area contributed by atoms with E-state index < -0.39 is 28.8 Å². The number of aliphatic hydroxyl groups is 1. The summed E-state index contributed by atoms with van der Waals surface area (Å²) in [6.45, 7) is -0.0529. The lowest BCUT2D eigenvalue weighted by molar-refractivity contribution is 0.0963. The topological polar surface area (TPSA) is 66.8 Å². The van der Waals surface area contributed by atoms with Crippen molar-refractivity contribution in [2.45, 2.75) is 12.5 Å². The van der Waals surface area contributed by atoms with Crippen molar-refractivity contribution in [2.24, 2.45) is 0 Å². The maximum Gasteiger partial charge on any atom is 0.414 e. The summed E-state index contributed by atoms with van der Waals surface area (Å²) in [7, 11) is -0.849. The van der Waals surface area contributed by atoms with Crippen molar-refractivity contribution >= 4 is 28.2 Å². The number of carbonyl (C=O) groups excluding carboxylic acids is 1. The standard InChI is InChI=1S/C15H16FNO4S/c16-14-7-11(17-8-12(9-18)21-15(17)19)1-2-13(14)10-3-5-22(20)6-4-10/h1-3,7,12,18H,4-6,8-9H2. The number of amides is 1. The minimum atomic E-state index is -0.849. The fourth-order valence-electron chi connectivity index (χ4n) is 2.61. The molecule has 1 saturated heterocycles. The fourth-order valence-corrected chi connectivity index (χ4v) is 3.61. The lowest BCUT2D eigenvalue weighted by Crippen LogP contribution is -2.25. The van der Waals surface area contributed by atoms with Gasteiger partial charge in [-0.15, -0.1) is 0 Å². The molecule has 0 radical (unpaired) electrons. The van der Waals surface area contributed by atoms with Crippen LogP contribution in [-0.2, 0) is 15.5 Å². The molecule has 0 saturated carbocycles. The number of hydrogen-bond donors (Lipinski definition) is 1. The number of rotatable bonds is 3. The number of anilines is 1. The Bertz CT molecular complexity index is 661. The summed E-state index contributed by atoms with van der Waals surface area (Å²) < 4.78 is 30.6. The molecule has 1 aromatic rings. The monoisotopic (exact) mass is 325 g/mol. The highest BCUT2D eigenvalue weighted by molar-refractivity contribution is 7.85. The number of allylic oxidation sites excluding steroid dienone is 1. The molecule has 1 N–H and O–H groups in total. The van der Waals surface area contributed by atoms with Gasteiger partial charge in [-0.2, -0.15) is 0 Å². The van der Waals surface area contributed by atoms with E-state index in [1.807, 2.05) is 6.08 Å². The number of carbonyl (C=O) groups is 1. The van der Waals surface area contributed by atoms with Crippen LogP contribution >= 0.6 is 0 Å². The Balaban J connectivity index is 1.84. The number of halogens is 1. The number of aliphatic hydroxyl groups excluding tert-OH is 1. The average molecular weight is 325 g/mol. The lowest BCUT2D eigenvalue weighted by atomic mass is 10.0. The Morgan fingerprint density at radius 3 is 2.86 bits per heavy atom. The van der Waals surface area contributed by atoms with Gasteiger partial charge in [-0.25, -0.2) is 9.18 Å². The normalized spacial score (nSPS) is 25.1. The van der Waals surface area contributed by atoms with Gasteiger partial charge in [0.05, 0.1) is 18.8 Å². The van der Waals surface area contributed by atoms with Gasteiger partial charge < -0.3 is 9.84 Å². The third-order valence-corrected chi connectivity index (χ3v) is 5.00. The van der Waals surface area contributed by atoms with Gasteiger partial charge in [0.25, 0.3) is 0 Å². The molecule has 2 aliphatic rings. The van der Waals surface area contributed by atoms with Crippen LogP contribution in [0.3, 0.4) is 0 Å². The number of ether oxygens (including phenoxy) is 1. The van der Waals surface area contributed by atoms with E-state index in [9.17, 15) is 13.4 Å². The molecule has 1 amide bonds. The quantitative estimate of drug-likeness (QED) is 0.918. The molecular formula is C15H16FNO4S. The van der Waals surface area contributed by atoms with Crippen LogP contribution in [0.15, 0.2) is 24.3 Å². The van der Waals surface area contributed by atoms with Gasteiger partial charge in [0, 0.05) is 27.9 Å². The molecule has 2 aliphatic heterocycles. The molecule has 1 aromatic carbocycles. The fraction of sp³-hybridized carbons (Fsp3) is 0.400. The molecule has 118 valence electrons. The van der Waals surface area contributed by atoms with Crippen LogP contribution in [0, 0.1) is 5.82 Å². The van der Waals surface area contributed by atoms with E-state index >= 15 is 0 Å². The van der Waals surface area contributed by atoms with Gasteiger partial charge in [0.1, 0.15) is 11.9 Å². The Morgan fingerprint density at radius 1 is 1.45 bits per heavy atom. The predicted octanol–water partition coefficient (Wildman–Crippen LogP) is 1.68. The summed E-state index contributed by atoms with van der Waals surface area (Å²) in [5.41, 5.74) is 1.73. The van der Waals surface area contributed by atoms with E-state index in [-0.39, 0.29) is 13.2 Å². The van der Waals surface area contributed by atoms with Crippen molar-refractivity contribution < 1.29 is 23.2 Å². The van der Waals surface area contributed by atoms with Crippen LogP contribution < -0.4 is 4.90 Å². The molecule has 0 aromatic heterocycles. The highest BCUT2D eigenvalue weighted by Crippen LogP contribution is 2.29. The smallest absolute Gasteiger partial charge is 0.414 e. The van der Waals surface area contributed by atoms with Gasteiger partial charge in [-0.3, -0.25) is 9.11 Å². The molecule has 2 heterocycles. The van der Waals surface area contributed by atoms with E-state index in [1.165, 1.54) is 11.0 Å². The van der Waals surface area contributed by atoms with Crippen LogP contribution in [-0.4, -0.2) is 46.2 Å². The number of hydrogen-bond acceptors (Lipinski definition) is 4. The zero-order valence-corrected chi connectivity index (χ0v) is 12.6. The van der Waals surface area contributed by atoms with Gasteiger partial charge in [0.15, 0.2) is 0 Å². The average Bonchev–Trinajstić information content (AvgIpc) is 2.89. The molecule has 3 rings (SSSR count). The molecular weight excluding hydrogens is 309 g/mol. The van der Waals surface area contributed by atoms with Crippen molar-refractivity contribution in [3.63, 3.8) is 0 Å². The minimum absolute atomic E-state index is 0.204. The van der Waals surface area contributed by atoms with Crippen molar-refractivity contribution in [3.8, 4) is 0 Å². The first-order chi connectivity index (χ1) is 10.6. The minimum Gasteiger partial charge on any atom is -0.441 e. The van der Waals surface area contributed by atoms with E-state index in [0.717, 1.165) is 5.57 Å². The van der Waals surface area contributed by atoms with Gasteiger partial charge in [-0.1, -0.05) is 6.08 Å². The highest BCUT2D eigenvalue weighted by Gasteiger charge is 2.32. The molecule has 2 unspecified atom stereocenters. The number of cyclic esters (lactones) is 1. The van der Waals surface area contributed by atoms with Crippen molar-refractivity contribution in [1.29, 1.82) is 0 Å². The second-order valence-corrected chi connectivity index (χ2v) is 6.87. The maximum absolute atomic E-state index is 14.3. The summed E-state index contributed by atoms with van der Waals surface area (Å²) in [6.07, 6.45) is 1.23. The summed E-state index contributed by atoms with van der Waals surface area (Å²) in [5, 5.41) is 9.03. The zero-order valence-electron chi connectivity index (χ0n) is 11.8. The van der Waals surface area contributed by atoms with Gasteiger partial charge in [0.2, 0.25) is 0 Å². The first kappa shape index (κ1) is 15.2. The van der Waals surface area contributed by atoms with Crippen LogP contribution in [0.2, 0.25) is 0 Å². The molecule has 1 fully saturated rings. The summed E-state index contributed by atoms with van der Waals surface area (Å²) >= 11 is 0. The van der Waals surface area contributed by atoms with Gasteiger partial charge >= 0.3 is 6.09 Å². The third kappa shape index (κ3) is 2.91. The largest absolute Gasteiger partial charge is 0.441 e. The zero-order chi connectivity index (χ0) is 15.7. The van der Waals surface area contributed by atoms with Crippen LogP contribution in [0.1, 0.15) is 12.0 Å². The first-order valence-corrected chi connectivity index (χ1v) is 8.50. The predicted molar refractivity (Wildman–Crippen MR) is 81.6 cm³/mol. The van der Waals surface area contributed by atoms with E-state index in [2.05, 4.69) is 0 Å². The molecule has 2 atom stereocenters. The van der Waals surface area contributed by atoms with Crippen molar-refractivity contribution in [1.82, 2.24) is 0 Å². The van der Waals surface area contributed by atoms with E-state index in [4.69, 9.17) is 9.84 Å². The molecule has 0 spiro atoms. The first-order valence-electron chi connectivity index (χ1n) is 7.01. The van der Waals surface area contributed by atoms with E-state index in [0.29, 0.717) is 29.2 Å². The summed E-state index contributed by atoms with van der Waals surface area (Å²) in [5.74, 6) is 0.577.